The standard InChI is InChI=1S/C16H18N2O4/c1-18-10-12(5-7-15(18)19)16(20)17-9-11-4-6-13(21-2)14(8-11)22-3/h4-8,10H,9H2,1-3H3,(H,17,20). The molecule has 6 nitrogen and oxygen atoms in total. The van der Waals surface area contributed by atoms with Crippen molar-refractivity contribution in [3.8, 4) is 11.5 Å². The molecule has 1 aromatic heterocycles. The molecule has 0 fully saturated rings. The summed E-state index contributed by atoms with van der Waals surface area (Å²) in [6, 6.07) is 8.31. The maximum Gasteiger partial charge on any atom is 0.253 e. The minimum absolute atomic E-state index is 0.156. The maximum absolute atomic E-state index is 12.1. The number of nitrogens with zero attached hydrogens (tertiary/aromatic N) is 1. The van der Waals surface area contributed by atoms with E-state index in [2.05, 4.69) is 5.32 Å². The van der Waals surface area contributed by atoms with Crippen LogP contribution in [0.25, 0.3) is 0 Å². The van der Waals surface area contributed by atoms with Crippen LogP contribution in [0.3, 0.4) is 0 Å². The van der Waals surface area contributed by atoms with Gasteiger partial charge in [0.05, 0.1) is 19.8 Å². The fourth-order valence-corrected chi connectivity index (χ4v) is 2.00. The maximum atomic E-state index is 12.1. The molecule has 0 aliphatic carbocycles. The predicted molar refractivity (Wildman–Crippen MR) is 82.4 cm³/mol. The molecule has 0 saturated heterocycles. The Bertz CT molecular complexity index is 737. The van der Waals surface area contributed by atoms with Gasteiger partial charge in [0.1, 0.15) is 0 Å². The lowest BCUT2D eigenvalue weighted by molar-refractivity contribution is 0.0950. The van der Waals surface area contributed by atoms with Crippen LogP contribution in [0.1, 0.15) is 15.9 Å². The van der Waals surface area contributed by atoms with E-state index in [9.17, 15) is 9.59 Å². The van der Waals surface area contributed by atoms with Gasteiger partial charge in [-0.05, 0) is 23.8 Å². The summed E-state index contributed by atoms with van der Waals surface area (Å²) in [6.45, 7) is 0.349. The van der Waals surface area contributed by atoms with Gasteiger partial charge in [0.15, 0.2) is 11.5 Å². The summed E-state index contributed by atoms with van der Waals surface area (Å²) in [5.41, 5.74) is 1.16. The average Bonchev–Trinajstić information content (AvgIpc) is 2.54. The van der Waals surface area contributed by atoms with Gasteiger partial charge in [0.2, 0.25) is 5.56 Å². The van der Waals surface area contributed by atoms with Crippen LogP contribution < -0.4 is 20.3 Å². The minimum Gasteiger partial charge on any atom is -0.493 e. The van der Waals surface area contributed by atoms with Gasteiger partial charge in [-0.3, -0.25) is 9.59 Å². The first kappa shape index (κ1) is 15.6. The second kappa shape index (κ2) is 6.80. The summed E-state index contributed by atoms with van der Waals surface area (Å²) < 4.78 is 11.8. The zero-order valence-electron chi connectivity index (χ0n) is 12.8. The molecule has 22 heavy (non-hydrogen) atoms. The van der Waals surface area contributed by atoms with E-state index in [0.717, 1.165) is 5.56 Å². The number of rotatable bonds is 5. The number of carbonyl (C=O) groups is 1. The molecule has 2 rings (SSSR count). The SMILES string of the molecule is COc1ccc(CNC(=O)c2ccc(=O)n(C)c2)cc1OC. The monoisotopic (exact) mass is 302 g/mol. The Balaban J connectivity index is 2.07. The van der Waals surface area contributed by atoms with Crippen molar-refractivity contribution in [3.63, 3.8) is 0 Å². The quantitative estimate of drug-likeness (QED) is 0.904. The molecule has 116 valence electrons. The van der Waals surface area contributed by atoms with Crippen molar-refractivity contribution in [2.75, 3.05) is 14.2 Å². The molecule has 6 heteroatoms. The van der Waals surface area contributed by atoms with Gasteiger partial charge in [-0.15, -0.1) is 0 Å². The highest BCUT2D eigenvalue weighted by molar-refractivity contribution is 5.93. The second-order valence-corrected chi connectivity index (χ2v) is 4.74. The Morgan fingerprint density at radius 3 is 2.50 bits per heavy atom. The van der Waals surface area contributed by atoms with E-state index in [1.165, 1.54) is 22.9 Å². The molecule has 1 heterocycles. The highest BCUT2D eigenvalue weighted by Crippen LogP contribution is 2.27. The number of benzene rings is 1. The third-order valence-electron chi connectivity index (χ3n) is 3.25. The van der Waals surface area contributed by atoms with Crippen molar-refractivity contribution in [2.24, 2.45) is 7.05 Å². The third kappa shape index (κ3) is 3.46. The highest BCUT2D eigenvalue weighted by atomic mass is 16.5. The molecule has 0 spiro atoms. The number of hydrogen-bond donors (Lipinski definition) is 1. The number of ether oxygens (including phenoxy) is 2. The molecule has 2 aromatic rings. The minimum atomic E-state index is -0.245. The summed E-state index contributed by atoms with van der Waals surface area (Å²) in [5, 5.41) is 2.80. The Kier molecular flexibility index (Phi) is 4.83. The van der Waals surface area contributed by atoms with Crippen LogP contribution in [-0.4, -0.2) is 24.7 Å². The van der Waals surface area contributed by atoms with E-state index < -0.39 is 0 Å². The molecule has 1 N–H and O–H groups in total. The summed E-state index contributed by atoms with van der Waals surface area (Å²) >= 11 is 0. The van der Waals surface area contributed by atoms with Crippen LogP contribution >= 0.6 is 0 Å². The lowest BCUT2D eigenvalue weighted by Crippen LogP contribution is -2.25. The van der Waals surface area contributed by atoms with E-state index >= 15 is 0 Å². The number of hydrogen-bond acceptors (Lipinski definition) is 4. The zero-order valence-corrected chi connectivity index (χ0v) is 12.8. The van der Waals surface area contributed by atoms with Crippen molar-refractivity contribution in [1.82, 2.24) is 9.88 Å². The average molecular weight is 302 g/mol. The summed E-state index contributed by atoms with van der Waals surface area (Å²) in [4.78, 5) is 23.4. The molecule has 0 saturated carbocycles. The molecular weight excluding hydrogens is 284 g/mol. The van der Waals surface area contributed by atoms with Gasteiger partial charge in [0.25, 0.3) is 5.91 Å². The van der Waals surface area contributed by atoms with Gasteiger partial charge < -0.3 is 19.4 Å². The second-order valence-electron chi connectivity index (χ2n) is 4.74. The number of nitrogens with one attached hydrogen (secondary N) is 1. The largest absolute Gasteiger partial charge is 0.493 e. The Morgan fingerprint density at radius 1 is 1.14 bits per heavy atom. The number of pyridine rings is 1. The van der Waals surface area contributed by atoms with Gasteiger partial charge in [-0.2, -0.15) is 0 Å². The third-order valence-corrected chi connectivity index (χ3v) is 3.25. The van der Waals surface area contributed by atoms with Crippen molar-refractivity contribution in [1.29, 1.82) is 0 Å². The summed E-state index contributed by atoms with van der Waals surface area (Å²) in [5.74, 6) is 0.998. The van der Waals surface area contributed by atoms with Crippen molar-refractivity contribution in [3.05, 3.63) is 58.0 Å². The Morgan fingerprint density at radius 2 is 1.86 bits per heavy atom. The van der Waals surface area contributed by atoms with Crippen LogP contribution in [0, 0.1) is 0 Å². The molecule has 0 aliphatic heterocycles. The molecule has 0 atom stereocenters. The lowest BCUT2D eigenvalue weighted by Gasteiger charge is -2.10. The van der Waals surface area contributed by atoms with Gasteiger partial charge in [-0.25, -0.2) is 0 Å². The van der Waals surface area contributed by atoms with Crippen molar-refractivity contribution >= 4 is 5.91 Å². The van der Waals surface area contributed by atoms with Gasteiger partial charge in [-0.1, -0.05) is 6.07 Å². The molecule has 0 radical (unpaired) electrons. The fraction of sp³-hybridized carbons (Fsp3) is 0.250. The molecule has 0 aliphatic rings. The van der Waals surface area contributed by atoms with Crippen LogP contribution in [0.4, 0.5) is 0 Å². The van der Waals surface area contributed by atoms with E-state index in [-0.39, 0.29) is 11.5 Å². The fourth-order valence-electron chi connectivity index (χ4n) is 2.00. The molecule has 1 aromatic carbocycles. The molecule has 0 bridgehead atoms. The first-order valence-electron chi connectivity index (χ1n) is 6.71. The Labute approximate surface area is 128 Å². The van der Waals surface area contributed by atoms with Crippen LogP contribution in [0.2, 0.25) is 0 Å². The number of aryl methyl sites for hydroxylation is 1. The van der Waals surface area contributed by atoms with Crippen molar-refractivity contribution in [2.45, 2.75) is 6.54 Å². The van der Waals surface area contributed by atoms with Crippen LogP contribution in [0.5, 0.6) is 11.5 Å². The first-order chi connectivity index (χ1) is 10.5. The highest BCUT2D eigenvalue weighted by Gasteiger charge is 2.08. The number of carbonyl (C=O) groups excluding carboxylic acids is 1. The van der Waals surface area contributed by atoms with E-state index in [4.69, 9.17) is 9.47 Å². The van der Waals surface area contributed by atoms with Crippen LogP contribution in [0.15, 0.2) is 41.3 Å². The van der Waals surface area contributed by atoms with Crippen molar-refractivity contribution < 1.29 is 14.3 Å². The van der Waals surface area contributed by atoms with E-state index in [1.807, 2.05) is 6.07 Å². The van der Waals surface area contributed by atoms with E-state index in [0.29, 0.717) is 23.6 Å². The van der Waals surface area contributed by atoms with Crippen LogP contribution in [-0.2, 0) is 13.6 Å². The zero-order chi connectivity index (χ0) is 16.1. The number of aromatic nitrogens is 1. The normalized spacial score (nSPS) is 10.1. The number of amides is 1. The molecule has 1 amide bonds. The summed E-state index contributed by atoms with van der Waals surface area (Å²) in [7, 11) is 4.73. The first-order valence-corrected chi connectivity index (χ1v) is 6.71. The topological polar surface area (TPSA) is 69.6 Å². The lowest BCUT2D eigenvalue weighted by atomic mass is 10.2. The Hall–Kier alpha value is -2.76. The molecular formula is C16H18N2O4. The molecule has 0 unspecified atom stereocenters. The summed E-state index contributed by atoms with van der Waals surface area (Å²) in [6.07, 6.45) is 1.51. The van der Waals surface area contributed by atoms with Gasteiger partial charge >= 0.3 is 0 Å². The van der Waals surface area contributed by atoms with Gasteiger partial charge in [0, 0.05) is 25.9 Å². The number of methoxy groups -OCH3 is 2. The predicted octanol–water partition coefficient (Wildman–Crippen LogP) is 1.33. The van der Waals surface area contributed by atoms with E-state index in [1.54, 1.807) is 33.4 Å². The smallest absolute Gasteiger partial charge is 0.253 e.